The number of aryl methyl sites for hydroxylation is 1. The second-order valence-corrected chi connectivity index (χ2v) is 11.8. The maximum absolute atomic E-state index is 13.2. The zero-order valence-corrected chi connectivity index (χ0v) is 21.3. The fraction of sp³-hybridized carbons (Fsp3) is 0.625. The molecule has 33 heavy (non-hydrogen) atoms. The van der Waals surface area contributed by atoms with Gasteiger partial charge in [0.2, 0.25) is 10.0 Å². The van der Waals surface area contributed by atoms with Gasteiger partial charge < -0.3 is 15.4 Å². The van der Waals surface area contributed by atoms with Crippen molar-refractivity contribution in [1.82, 2.24) is 15.0 Å². The first-order valence-corrected chi connectivity index (χ1v) is 14.4. The van der Waals surface area contributed by atoms with Gasteiger partial charge in [0.15, 0.2) is 5.13 Å². The first kappa shape index (κ1) is 24.4. The van der Waals surface area contributed by atoms with Crippen LogP contribution in [-0.4, -0.2) is 46.2 Å². The normalized spacial score (nSPS) is 18.4. The molecule has 0 unspecified atom stereocenters. The van der Waals surface area contributed by atoms with Crippen molar-refractivity contribution in [3.63, 3.8) is 0 Å². The summed E-state index contributed by atoms with van der Waals surface area (Å²) < 4.78 is 34.7. The molecule has 1 saturated carbocycles. The van der Waals surface area contributed by atoms with Crippen LogP contribution in [-0.2, 0) is 10.0 Å². The molecule has 0 radical (unpaired) electrons. The van der Waals surface area contributed by atoms with E-state index in [1.807, 2.05) is 13.0 Å². The van der Waals surface area contributed by atoms with Crippen molar-refractivity contribution < 1.29 is 13.2 Å². The third kappa shape index (κ3) is 6.26. The number of nitrogens with one attached hydrogen (secondary N) is 3. The lowest BCUT2D eigenvalue weighted by Crippen LogP contribution is -2.42. The van der Waals surface area contributed by atoms with Crippen LogP contribution in [0.1, 0.15) is 57.1 Å². The third-order valence-corrected chi connectivity index (χ3v) is 9.43. The Morgan fingerprint density at radius 3 is 2.64 bits per heavy atom. The van der Waals surface area contributed by atoms with Crippen molar-refractivity contribution in [2.75, 3.05) is 32.1 Å². The highest BCUT2D eigenvalue weighted by Gasteiger charge is 2.26. The van der Waals surface area contributed by atoms with Crippen LogP contribution in [0, 0.1) is 12.8 Å². The Labute approximate surface area is 201 Å². The Balaban J connectivity index is 1.49. The standard InChI is InChI=1S/C24H36N4O3S2/c1-17-23(32-24(27-17)26-15-10-18-6-4-3-5-7-18)19-8-9-21(31-2)22(16-19)33(29,30)28-20-11-13-25-14-12-20/h8-9,16,18,20,25,28H,3-7,10-15H2,1-2H3,(H,26,27). The number of sulfonamides is 1. The average Bonchev–Trinajstić information content (AvgIpc) is 3.20. The van der Waals surface area contributed by atoms with Crippen LogP contribution in [0.25, 0.3) is 10.4 Å². The Hall–Kier alpha value is -1.68. The molecule has 2 fully saturated rings. The summed E-state index contributed by atoms with van der Waals surface area (Å²) in [6, 6.07) is 5.31. The summed E-state index contributed by atoms with van der Waals surface area (Å²) >= 11 is 1.58. The smallest absolute Gasteiger partial charge is 0.244 e. The molecule has 0 atom stereocenters. The molecule has 1 aliphatic heterocycles. The topological polar surface area (TPSA) is 92.3 Å². The van der Waals surface area contributed by atoms with Crippen LogP contribution >= 0.6 is 11.3 Å². The average molecular weight is 493 g/mol. The number of thiazole rings is 1. The minimum atomic E-state index is -3.70. The molecule has 2 heterocycles. The van der Waals surface area contributed by atoms with Crippen LogP contribution in [0.5, 0.6) is 5.75 Å². The number of ether oxygens (including phenoxy) is 1. The van der Waals surface area contributed by atoms with Gasteiger partial charge in [0.05, 0.1) is 17.7 Å². The van der Waals surface area contributed by atoms with E-state index in [0.717, 1.165) is 59.7 Å². The molecule has 0 bridgehead atoms. The maximum atomic E-state index is 13.2. The van der Waals surface area contributed by atoms with Gasteiger partial charge in [0.1, 0.15) is 10.6 Å². The maximum Gasteiger partial charge on any atom is 0.244 e. The van der Waals surface area contributed by atoms with Crippen molar-refractivity contribution in [2.45, 2.75) is 69.2 Å². The summed E-state index contributed by atoms with van der Waals surface area (Å²) in [5, 5.41) is 7.65. The van der Waals surface area contributed by atoms with E-state index in [1.165, 1.54) is 45.6 Å². The molecule has 0 spiro atoms. The van der Waals surface area contributed by atoms with E-state index in [2.05, 4.69) is 15.4 Å². The predicted molar refractivity (Wildman–Crippen MR) is 135 cm³/mol. The first-order chi connectivity index (χ1) is 16.0. The summed E-state index contributed by atoms with van der Waals surface area (Å²) in [6.07, 6.45) is 9.54. The van der Waals surface area contributed by atoms with E-state index < -0.39 is 10.0 Å². The summed E-state index contributed by atoms with van der Waals surface area (Å²) in [5.74, 6) is 1.18. The number of hydrogen-bond donors (Lipinski definition) is 3. The predicted octanol–water partition coefficient (Wildman–Crippen LogP) is 4.54. The van der Waals surface area contributed by atoms with Gasteiger partial charge in [-0.2, -0.15) is 0 Å². The summed E-state index contributed by atoms with van der Waals surface area (Å²) in [5.41, 5.74) is 1.75. The second kappa shape index (κ2) is 11.2. The Kier molecular flexibility index (Phi) is 8.27. The van der Waals surface area contributed by atoms with E-state index in [-0.39, 0.29) is 10.9 Å². The van der Waals surface area contributed by atoms with E-state index in [4.69, 9.17) is 9.72 Å². The molecule has 3 N–H and O–H groups in total. The lowest BCUT2D eigenvalue weighted by Gasteiger charge is -2.24. The highest BCUT2D eigenvalue weighted by atomic mass is 32.2. The molecule has 9 heteroatoms. The van der Waals surface area contributed by atoms with Gasteiger partial charge in [-0.25, -0.2) is 18.1 Å². The Morgan fingerprint density at radius 1 is 1.15 bits per heavy atom. The number of aromatic nitrogens is 1. The van der Waals surface area contributed by atoms with Crippen molar-refractivity contribution >= 4 is 26.5 Å². The Bertz CT molecular complexity index is 1030. The number of benzene rings is 1. The zero-order valence-electron chi connectivity index (χ0n) is 19.7. The number of methoxy groups -OCH3 is 1. The van der Waals surface area contributed by atoms with E-state index in [9.17, 15) is 8.42 Å². The number of nitrogens with zero attached hydrogens (tertiary/aromatic N) is 1. The SMILES string of the molecule is COc1ccc(-c2sc(NCCC3CCCCC3)nc2C)cc1S(=O)(=O)NC1CCNCC1. The molecule has 4 rings (SSSR count). The van der Waals surface area contributed by atoms with Crippen LogP contribution in [0.2, 0.25) is 0 Å². The van der Waals surface area contributed by atoms with E-state index in [1.54, 1.807) is 23.5 Å². The largest absolute Gasteiger partial charge is 0.495 e. The highest BCUT2D eigenvalue weighted by Crippen LogP contribution is 2.37. The zero-order chi connectivity index (χ0) is 23.3. The van der Waals surface area contributed by atoms with E-state index >= 15 is 0 Å². The highest BCUT2D eigenvalue weighted by molar-refractivity contribution is 7.89. The molecule has 1 aromatic heterocycles. The van der Waals surface area contributed by atoms with Gasteiger partial charge in [-0.3, -0.25) is 0 Å². The number of rotatable bonds is 9. The summed E-state index contributed by atoms with van der Waals surface area (Å²) in [7, 11) is -2.20. The molecular weight excluding hydrogens is 456 g/mol. The molecule has 1 saturated heterocycles. The third-order valence-electron chi connectivity index (χ3n) is 6.73. The van der Waals surface area contributed by atoms with Gasteiger partial charge in [-0.1, -0.05) is 43.4 Å². The van der Waals surface area contributed by atoms with E-state index in [0.29, 0.717) is 5.75 Å². The van der Waals surface area contributed by atoms with Crippen LogP contribution in [0.3, 0.4) is 0 Å². The van der Waals surface area contributed by atoms with Crippen molar-refractivity contribution in [1.29, 1.82) is 0 Å². The van der Waals surface area contributed by atoms with Gasteiger partial charge in [-0.15, -0.1) is 0 Å². The molecule has 1 aromatic carbocycles. The lowest BCUT2D eigenvalue weighted by atomic mass is 9.87. The molecule has 1 aliphatic carbocycles. The molecule has 7 nitrogen and oxygen atoms in total. The van der Waals surface area contributed by atoms with Crippen LogP contribution in [0.15, 0.2) is 23.1 Å². The monoisotopic (exact) mass is 492 g/mol. The lowest BCUT2D eigenvalue weighted by molar-refractivity contribution is 0.345. The van der Waals surface area contributed by atoms with Crippen molar-refractivity contribution in [3.05, 3.63) is 23.9 Å². The minimum absolute atomic E-state index is 0.0604. The van der Waals surface area contributed by atoms with Gasteiger partial charge in [0, 0.05) is 12.6 Å². The molecule has 0 amide bonds. The Morgan fingerprint density at radius 2 is 1.91 bits per heavy atom. The van der Waals surface area contributed by atoms with Crippen molar-refractivity contribution in [3.8, 4) is 16.2 Å². The van der Waals surface area contributed by atoms with Gasteiger partial charge in [-0.05, 0) is 69.0 Å². The second-order valence-electron chi connectivity index (χ2n) is 9.16. The number of piperidine rings is 1. The molecule has 2 aromatic rings. The fourth-order valence-electron chi connectivity index (χ4n) is 4.85. The quantitative estimate of drug-likeness (QED) is 0.476. The molecular formula is C24H36N4O3S2. The summed E-state index contributed by atoms with van der Waals surface area (Å²) in [6.45, 7) is 4.55. The molecule has 2 aliphatic rings. The molecule has 182 valence electrons. The fourth-order valence-corrected chi connectivity index (χ4v) is 7.34. The minimum Gasteiger partial charge on any atom is -0.495 e. The van der Waals surface area contributed by atoms with Gasteiger partial charge >= 0.3 is 0 Å². The van der Waals surface area contributed by atoms with Crippen molar-refractivity contribution in [2.24, 2.45) is 5.92 Å². The number of anilines is 1. The van der Waals surface area contributed by atoms with Crippen LogP contribution in [0.4, 0.5) is 5.13 Å². The van der Waals surface area contributed by atoms with Gasteiger partial charge in [0.25, 0.3) is 0 Å². The summed E-state index contributed by atoms with van der Waals surface area (Å²) in [4.78, 5) is 5.87. The van der Waals surface area contributed by atoms with Crippen LogP contribution < -0.4 is 20.1 Å². The first-order valence-electron chi connectivity index (χ1n) is 12.1. The number of hydrogen-bond acceptors (Lipinski definition) is 7.